The molecule has 176 valence electrons. The Bertz CT molecular complexity index is 1410. The molecule has 0 saturated heterocycles. The maximum atomic E-state index is 14.3. The number of hydrogen-bond acceptors (Lipinski definition) is 1. The van der Waals surface area contributed by atoms with E-state index in [0.717, 1.165) is 54.4 Å². The van der Waals surface area contributed by atoms with Gasteiger partial charge in [0.2, 0.25) is 0 Å². The number of aromatic nitrogens is 1. The van der Waals surface area contributed by atoms with E-state index < -0.39 is 17.7 Å². The summed E-state index contributed by atoms with van der Waals surface area (Å²) in [4.78, 5) is 15.6. The van der Waals surface area contributed by atoms with Crippen molar-refractivity contribution < 1.29 is 13.6 Å². The molecule has 4 nitrogen and oxygen atoms in total. The van der Waals surface area contributed by atoms with E-state index in [-0.39, 0.29) is 6.03 Å². The van der Waals surface area contributed by atoms with Crippen LogP contribution in [0.1, 0.15) is 46.8 Å². The highest BCUT2D eigenvalue weighted by atomic mass is 19.1. The highest BCUT2D eigenvalue weighted by Gasteiger charge is 2.34. The Labute approximate surface area is 202 Å². The van der Waals surface area contributed by atoms with Gasteiger partial charge in [-0.3, -0.25) is 0 Å². The normalized spacial score (nSPS) is 16.6. The fraction of sp³-hybridized carbons (Fsp3) is 0.207. The van der Waals surface area contributed by atoms with Gasteiger partial charge >= 0.3 is 6.03 Å². The molecule has 0 spiro atoms. The molecule has 0 fully saturated rings. The van der Waals surface area contributed by atoms with E-state index in [2.05, 4.69) is 11.4 Å². The molecule has 1 atom stereocenters. The molecular formula is C29H25F2N3O. The molecule has 1 aliphatic heterocycles. The molecule has 0 bridgehead atoms. The standard InChI is InChI=1S/C29H25F2N3O/c30-22-15-21(16-23(31)17-22)28-27-13-6-14-33(27)26-12-4-2-8-20(26)18-34(28)29(35)32-25-11-5-9-19-7-1-3-10-24(19)25/h2,4-6,8-9,11-17,28H,1,3,7,10,18H2,(H,32,35). The van der Waals surface area contributed by atoms with Crippen LogP contribution in [0.4, 0.5) is 19.3 Å². The van der Waals surface area contributed by atoms with Gasteiger partial charge in [0.1, 0.15) is 11.6 Å². The smallest absolute Gasteiger partial charge is 0.318 e. The largest absolute Gasteiger partial charge is 0.322 e. The molecule has 1 aliphatic carbocycles. The minimum atomic E-state index is -0.679. The van der Waals surface area contributed by atoms with Gasteiger partial charge in [-0.25, -0.2) is 13.6 Å². The van der Waals surface area contributed by atoms with Gasteiger partial charge in [-0.15, -0.1) is 0 Å². The van der Waals surface area contributed by atoms with Crippen LogP contribution >= 0.6 is 0 Å². The zero-order chi connectivity index (χ0) is 23.9. The SMILES string of the molecule is O=C(Nc1cccc2c1CCCC2)N1Cc2ccccc2-n2cccc2C1c1cc(F)cc(F)c1. The van der Waals surface area contributed by atoms with Crippen LogP contribution in [-0.2, 0) is 19.4 Å². The molecule has 2 aliphatic rings. The van der Waals surface area contributed by atoms with E-state index in [4.69, 9.17) is 0 Å². The van der Waals surface area contributed by atoms with Crippen molar-refractivity contribution in [2.75, 3.05) is 5.32 Å². The van der Waals surface area contributed by atoms with Gasteiger partial charge in [-0.2, -0.15) is 0 Å². The molecule has 3 aromatic carbocycles. The molecule has 1 N–H and O–H groups in total. The summed E-state index contributed by atoms with van der Waals surface area (Å²) >= 11 is 0. The number of anilines is 1. The summed E-state index contributed by atoms with van der Waals surface area (Å²) in [6.45, 7) is 0.293. The number of nitrogens with one attached hydrogen (secondary N) is 1. The Kier molecular flexibility index (Phi) is 5.36. The van der Waals surface area contributed by atoms with Crippen LogP contribution in [0.5, 0.6) is 0 Å². The lowest BCUT2D eigenvalue weighted by molar-refractivity contribution is 0.194. The molecule has 0 saturated carbocycles. The number of nitrogens with zero attached hydrogens (tertiary/aromatic N) is 2. The Balaban J connectivity index is 1.47. The average molecular weight is 470 g/mol. The number of urea groups is 1. The predicted octanol–water partition coefficient (Wildman–Crippen LogP) is 6.77. The Morgan fingerprint density at radius 3 is 2.49 bits per heavy atom. The third-order valence-corrected chi connectivity index (χ3v) is 7.06. The van der Waals surface area contributed by atoms with Crippen LogP contribution < -0.4 is 5.32 Å². The monoisotopic (exact) mass is 469 g/mol. The van der Waals surface area contributed by atoms with Crippen molar-refractivity contribution in [3.63, 3.8) is 0 Å². The third-order valence-electron chi connectivity index (χ3n) is 7.06. The van der Waals surface area contributed by atoms with Crippen LogP contribution in [0, 0.1) is 11.6 Å². The minimum Gasteiger partial charge on any atom is -0.318 e. The van der Waals surface area contributed by atoms with Gasteiger partial charge in [0.25, 0.3) is 0 Å². The summed E-state index contributed by atoms with van der Waals surface area (Å²) in [5.74, 6) is -1.34. The maximum absolute atomic E-state index is 14.3. The summed E-state index contributed by atoms with van der Waals surface area (Å²) in [6.07, 6.45) is 6.10. The first-order valence-corrected chi connectivity index (χ1v) is 12.0. The predicted molar refractivity (Wildman–Crippen MR) is 132 cm³/mol. The minimum absolute atomic E-state index is 0.293. The molecule has 6 rings (SSSR count). The number of amides is 2. The van der Waals surface area contributed by atoms with Crippen LogP contribution in [-0.4, -0.2) is 15.5 Å². The number of carbonyl (C=O) groups excluding carboxylic acids is 1. The lowest BCUT2D eigenvalue weighted by Crippen LogP contribution is -2.38. The van der Waals surface area contributed by atoms with Gasteiger partial charge in [-0.05, 0) is 84.3 Å². The van der Waals surface area contributed by atoms with Crippen molar-refractivity contribution in [3.05, 3.63) is 119 Å². The third kappa shape index (κ3) is 3.89. The second-order valence-corrected chi connectivity index (χ2v) is 9.25. The quantitative estimate of drug-likeness (QED) is 0.346. The lowest BCUT2D eigenvalue weighted by Gasteiger charge is -2.31. The van der Waals surface area contributed by atoms with Crippen LogP contribution in [0.25, 0.3) is 5.69 Å². The van der Waals surface area contributed by atoms with Crippen molar-refractivity contribution >= 4 is 11.7 Å². The first kappa shape index (κ1) is 21.6. The number of aryl methyl sites for hydroxylation is 1. The second kappa shape index (κ2) is 8.69. The number of fused-ring (bicyclic) bond motifs is 4. The zero-order valence-electron chi connectivity index (χ0n) is 19.2. The number of para-hydroxylation sites is 1. The molecule has 1 unspecified atom stereocenters. The van der Waals surface area contributed by atoms with Gasteiger partial charge in [0, 0.05) is 23.6 Å². The maximum Gasteiger partial charge on any atom is 0.322 e. The molecule has 1 aromatic heterocycles. The Morgan fingerprint density at radius 1 is 0.857 bits per heavy atom. The average Bonchev–Trinajstić information content (AvgIpc) is 3.27. The highest BCUT2D eigenvalue weighted by Crippen LogP contribution is 2.38. The molecule has 4 aromatic rings. The van der Waals surface area contributed by atoms with E-state index in [9.17, 15) is 13.6 Å². The van der Waals surface area contributed by atoms with E-state index in [1.165, 1.54) is 23.3 Å². The van der Waals surface area contributed by atoms with E-state index in [0.29, 0.717) is 12.1 Å². The van der Waals surface area contributed by atoms with Crippen molar-refractivity contribution in [3.8, 4) is 5.69 Å². The van der Waals surface area contributed by atoms with Gasteiger partial charge < -0.3 is 14.8 Å². The van der Waals surface area contributed by atoms with Crippen molar-refractivity contribution in [2.24, 2.45) is 0 Å². The van der Waals surface area contributed by atoms with Crippen molar-refractivity contribution in [1.29, 1.82) is 0 Å². The van der Waals surface area contributed by atoms with Crippen LogP contribution in [0.3, 0.4) is 0 Å². The molecular weight excluding hydrogens is 444 g/mol. The second-order valence-electron chi connectivity index (χ2n) is 9.25. The van der Waals surface area contributed by atoms with Gasteiger partial charge in [0.15, 0.2) is 0 Å². The van der Waals surface area contributed by atoms with Crippen LogP contribution in [0.2, 0.25) is 0 Å². The highest BCUT2D eigenvalue weighted by molar-refractivity contribution is 5.91. The van der Waals surface area contributed by atoms with Gasteiger partial charge in [-0.1, -0.05) is 30.3 Å². The number of rotatable bonds is 2. The lowest BCUT2D eigenvalue weighted by atomic mass is 9.90. The van der Waals surface area contributed by atoms with Gasteiger partial charge in [0.05, 0.1) is 18.3 Å². The molecule has 35 heavy (non-hydrogen) atoms. The molecule has 2 heterocycles. The Morgan fingerprint density at radius 2 is 1.63 bits per heavy atom. The fourth-order valence-corrected chi connectivity index (χ4v) is 5.51. The zero-order valence-corrected chi connectivity index (χ0v) is 19.2. The summed E-state index contributed by atoms with van der Waals surface area (Å²) in [6, 6.07) is 20.2. The summed E-state index contributed by atoms with van der Waals surface area (Å²) in [5, 5.41) is 3.14. The van der Waals surface area contributed by atoms with E-state index in [1.54, 1.807) is 4.90 Å². The molecule has 2 amide bonds. The fourth-order valence-electron chi connectivity index (χ4n) is 5.51. The first-order chi connectivity index (χ1) is 17.1. The summed E-state index contributed by atoms with van der Waals surface area (Å²) in [7, 11) is 0. The summed E-state index contributed by atoms with van der Waals surface area (Å²) < 4.78 is 30.7. The van der Waals surface area contributed by atoms with Crippen molar-refractivity contribution in [2.45, 2.75) is 38.3 Å². The molecule has 6 heteroatoms. The van der Waals surface area contributed by atoms with E-state index in [1.807, 2.05) is 59.3 Å². The molecule has 0 radical (unpaired) electrons. The van der Waals surface area contributed by atoms with E-state index >= 15 is 0 Å². The number of benzene rings is 3. The topological polar surface area (TPSA) is 37.3 Å². The Hall–Kier alpha value is -3.93. The van der Waals surface area contributed by atoms with Crippen molar-refractivity contribution in [1.82, 2.24) is 9.47 Å². The van der Waals surface area contributed by atoms with Crippen LogP contribution in [0.15, 0.2) is 79.0 Å². The first-order valence-electron chi connectivity index (χ1n) is 12.0. The number of hydrogen-bond donors (Lipinski definition) is 1. The summed E-state index contributed by atoms with van der Waals surface area (Å²) in [5.41, 5.74) is 6.32. The number of carbonyl (C=O) groups is 1. The number of halogens is 2.